The second-order valence-corrected chi connectivity index (χ2v) is 6.68. The van der Waals surface area contributed by atoms with Crippen molar-refractivity contribution in [3.05, 3.63) is 59.0 Å². The van der Waals surface area contributed by atoms with E-state index in [9.17, 15) is 0 Å². The quantitative estimate of drug-likeness (QED) is 0.654. The van der Waals surface area contributed by atoms with Gasteiger partial charge in [0.1, 0.15) is 0 Å². The first-order chi connectivity index (χ1) is 11.5. The minimum Gasteiger partial charge on any atom is -0.370 e. The van der Waals surface area contributed by atoms with Crippen molar-refractivity contribution in [2.24, 2.45) is 10.9 Å². The van der Waals surface area contributed by atoms with Gasteiger partial charge < -0.3 is 10.3 Å². The van der Waals surface area contributed by atoms with Crippen molar-refractivity contribution < 1.29 is 0 Å². The highest BCUT2D eigenvalue weighted by atomic mass is 15.1. The lowest BCUT2D eigenvalue weighted by Gasteiger charge is -2.37. The van der Waals surface area contributed by atoms with Crippen LogP contribution in [0.4, 0.5) is 0 Å². The lowest BCUT2D eigenvalue weighted by atomic mass is 9.84. The van der Waals surface area contributed by atoms with E-state index in [1.165, 1.54) is 17.4 Å². The fourth-order valence-electron chi connectivity index (χ4n) is 3.50. The highest BCUT2D eigenvalue weighted by molar-refractivity contribution is 5.77. The molecule has 1 aliphatic heterocycles. The maximum atomic E-state index is 7.38. The van der Waals surface area contributed by atoms with Crippen LogP contribution in [0.1, 0.15) is 39.5 Å². The van der Waals surface area contributed by atoms with Gasteiger partial charge in [0.15, 0.2) is 0 Å². The van der Waals surface area contributed by atoms with E-state index in [4.69, 9.17) is 5.41 Å². The third-order valence-corrected chi connectivity index (χ3v) is 4.95. The second-order valence-electron chi connectivity index (χ2n) is 6.68. The molecule has 2 rings (SSSR count). The zero-order chi connectivity index (χ0) is 17.7. The summed E-state index contributed by atoms with van der Waals surface area (Å²) < 4.78 is 0. The largest absolute Gasteiger partial charge is 0.370 e. The summed E-state index contributed by atoms with van der Waals surface area (Å²) in [6, 6.07) is 0. The molecule has 1 N–H and O–H groups in total. The molecule has 0 aromatic heterocycles. The van der Waals surface area contributed by atoms with Gasteiger partial charge in [-0.15, -0.1) is 0 Å². The van der Waals surface area contributed by atoms with Crippen LogP contribution in [-0.2, 0) is 0 Å². The average Bonchev–Trinajstić information content (AvgIpc) is 2.60. The van der Waals surface area contributed by atoms with Crippen LogP contribution >= 0.6 is 0 Å². The summed E-state index contributed by atoms with van der Waals surface area (Å²) in [7, 11) is 0. The van der Waals surface area contributed by atoms with Gasteiger partial charge in [-0.25, -0.2) is 0 Å². The van der Waals surface area contributed by atoms with Gasteiger partial charge in [-0.1, -0.05) is 38.7 Å². The first-order valence-electron chi connectivity index (χ1n) is 8.71. The molecule has 0 fully saturated rings. The van der Waals surface area contributed by atoms with E-state index in [0.29, 0.717) is 5.92 Å². The smallest absolute Gasteiger partial charge is 0.0500 e. The van der Waals surface area contributed by atoms with Crippen LogP contribution in [0, 0.1) is 11.3 Å². The van der Waals surface area contributed by atoms with E-state index in [0.717, 1.165) is 61.3 Å². The number of hydrogen-bond donors (Lipinski definition) is 1. The third-order valence-electron chi connectivity index (χ3n) is 4.95. The first-order valence-corrected chi connectivity index (χ1v) is 8.71. The Morgan fingerprint density at radius 1 is 1.38 bits per heavy atom. The molecule has 0 saturated heterocycles. The first kappa shape index (κ1) is 18.2. The van der Waals surface area contributed by atoms with Crippen molar-refractivity contribution in [3.8, 4) is 0 Å². The molecule has 0 amide bonds. The van der Waals surface area contributed by atoms with E-state index >= 15 is 0 Å². The maximum Gasteiger partial charge on any atom is 0.0500 e. The number of hydrogen-bond acceptors (Lipinski definition) is 3. The summed E-state index contributed by atoms with van der Waals surface area (Å²) in [6.45, 7) is 18.4. The van der Waals surface area contributed by atoms with Crippen molar-refractivity contribution >= 4 is 12.9 Å². The van der Waals surface area contributed by atoms with Crippen LogP contribution in [0.25, 0.3) is 0 Å². The summed E-state index contributed by atoms with van der Waals surface area (Å²) in [4.78, 5) is 6.73. The minimum absolute atomic E-state index is 0.390. The molecule has 24 heavy (non-hydrogen) atoms. The summed E-state index contributed by atoms with van der Waals surface area (Å²) in [5.74, 6) is 0.390. The van der Waals surface area contributed by atoms with Crippen LogP contribution < -0.4 is 0 Å². The van der Waals surface area contributed by atoms with Crippen LogP contribution in [0.3, 0.4) is 0 Å². The van der Waals surface area contributed by atoms with Gasteiger partial charge in [0.2, 0.25) is 0 Å². The second kappa shape index (κ2) is 8.09. The van der Waals surface area contributed by atoms with Crippen LogP contribution in [0.15, 0.2) is 64.0 Å². The number of allylic oxidation sites excluding steroid dienone is 5. The Labute approximate surface area is 146 Å². The normalized spacial score (nSPS) is 21.1. The molecule has 1 unspecified atom stereocenters. The van der Waals surface area contributed by atoms with Crippen molar-refractivity contribution in [1.29, 1.82) is 5.41 Å². The van der Waals surface area contributed by atoms with Crippen molar-refractivity contribution in [2.75, 3.05) is 13.1 Å². The summed E-state index contributed by atoms with van der Waals surface area (Å²) in [6.07, 6.45) is 9.64. The Balaban J connectivity index is 2.38. The van der Waals surface area contributed by atoms with Crippen LogP contribution in [-0.4, -0.2) is 30.9 Å². The Morgan fingerprint density at radius 3 is 2.62 bits per heavy atom. The van der Waals surface area contributed by atoms with E-state index in [1.54, 1.807) is 0 Å². The van der Waals surface area contributed by atoms with E-state index < -0.39 is 0 Å². The van der Waals surface area contributed by atoms with Gasteiger partial charge in [0.25, 0.3) is 0 Å². The highest BCUT2D eigenvalue weighted by Crippen LogP contribution is 2.36. The fourth-order valence-corrected chi connectivity index (χ4v) is 3.50. The molecular formula is C21H29N3. The predicted octanol–water partition coefficient (Wildman–Crippen LogP) is 5.06. The molecule has 0 saturated carbocycles. The SMILES string of the molecule is C=NC1=C(C(=C)C2=CC=C(C=N)CC2)CN(C(=C)C)CC1CCC. The number of nitrogens with zero attached hydrogens (tertiary/aromatic N) is 2. The molecular weight excluding hydrogens is 294 g/mol. The van der Waals surface area contributed by atoms with Crippen molar-refractivity contribution in [1.82, 2.24) is 4.90 Å². The van der Waals surface area contributed by atoms with Crippen molar-refractivity contribution in [2.45, 2.75) is 39.5 Å². The van der Waals surface area contributed by atoms with E-state index in [-0.39, 0.29) is 0 Å². The molecule has 128 valence electrons. The molecule has 3 nitrogen and oxygen atoms in total. The average molecular weight is 323 g/mol. The highest BCUT2D eigenvalue weighted by Gasteiger charge is 2.28. The zero-order valence-electron chi connectivity index (χ0n) is 15.1. The third kappa shape index (κ3) is 3.84. The lowest BCUT2D eigenvalue weighted by Crippen LogP contribution is -2.36. The van der Waals surface area contributed by atoms with Gasteiger partial charge in [0.05, 0.1) is 5.70 Å². The predicted molar refractivity (Wildman–Crippen MR) is 105 cm³/mol. The van der Waals surface area contributed by atoms with E-state index in [2.05, 4.69) is 49.7 Å². The van der Waals surface area contributed by atoms with Gasteiger partial charge >= 0.3 is 0 Å². The maximum absolute atomic E-state index is 7.38. The summed E-state index contributed by atoms with van der Waals surface area (Å²) >= 11 is 0. The zero-order valence-corrected chi connectivity index (χ0v) is 15.1. The van der Waals surface area contributed by atoms with Gasteiger partial charge in [-0.05, 0) is 49.6 Å². The molecule has 1 atom stereocenters. The van der Waals surface area contributed by atoms with Gasteiger partial charge in [-0.3, -0.25) is 4.99 Å². The standard InChI is InChI=1S/C21H29N3/c1-6-7-19-13-24(15(2)3)14-20(21(19)23-5)16(4)18-10-8-17(12-22)9-11-18/h8,10,12,19,22H,2,4-7,9,11,13-14H2,1,3H3. The Morgan fingerprint density at radius 2 is 2.12 bits per heavy atom. The number of aliphatic imine (C=N–C) groups is 1. The Hall–Kier alpha value is -2.16. The summed E-state index contributed by atoms with van der Waals surface area (Å²) in [5.41, 5.74) is 6.80. The molecule has 2 aliphatic rings. The number of nitrogens with one attached hydrogen (secondary N) is 1. The number of rotatable bonds is 7. The minimum atomic E-state index is 0.390. The lowest BCUT2D eigenvalue weighted by molar-refractivity contribution is 0.292. The molecule has 0 aromatic carbocycles. The molecule has 0 aromatic rings. The Kier molecular flexibility index (Phi) is 6.13. The van der Waals surface area contributed by atoms with E-state index in [1.807, 2.05) is 6.08 Å². The molecule has 0 bridgehead atoms. The monoisotopic (exact) mass is 323 g/mol. The van der Waals surface area contributed by atoms with Crippen molar-refractivity contribution in [3.63, 3.8) is 0 Å². The molecule has 0 spiro atoms. The Bertz CT molecular complexity index is 646. The molecule has 0 radical (unpaired) electrons. The van der Waals surface area contributed by atoms with Gasteiger partial charge in [0, 0.05) is 36.5 Å². The summed E-state index contributed by atoms with van der Waals surface area (Å²) in [5, 5.41) is 7.38. The fraction of sp³-hybridized carbons (Fsp3) is 0.429. The molecule has 3 heteroatoms. The molecule has 1 aliphatic carbocycles. The van der Waals surface area contributed by atoms with Crippen LogP contribution in [0.2, 0.25) is 0 Å². The topological polar surface area (TPSA) is 39.5 Å². The van der Waals surface area contributed by atoms with Gasteiger partial charge in [-0.2, -0.15) is 0 Å². The molecule has 1 heterocycles. The van der Waals surface area contributed by atoms with Crippen LogP contribution in [0.5, 0.6) is 0 Å².